The zero-order valence-electron chi connectivity index (χ0n) is 12.0. The van der Waals surface area contributed by atoms with Crippen molar-refractivity contribution in [3.63, 3.8) is 0 Å². The van der Waals surface area contributed by atoms with Crippen LogP contribution >= 0.6 is 0 Å². The summed E-state index contributed by atoms with van der Waals surface area (Å²) in [7, 11) is 3.57. The van der Waals surface area contributed by atoms with Gasteiger partial charge in [-0.25, -0.2) is 0 Å². The molecule has 2 aromatic rings. The van der Waals surface area contributed by atoms with Crippen molar-refractivity contribution >= 4 is 0 Å². The highest BCUT2D eigenvalue weighted by molar-refractivity contribution is 5.39. The first-order valence-corrected chi connectivity index (χ1v) is 6.94. The highest BCUT2D eigenvalue weighted by Crippen LogP contribution is 2.33. The van der Waals surface area contributed by atoms with E-state index < -0.39 is 5.60 Å². The third-order valence-corrected chi connectivity index (χ3v) is 4.08. The Morgan fingerprint density at radius 1 is 1.40 bits per heavy atom. The van der Waals surface area contributed by atoms with Crippen molar-refractivity contribution in [1.29, 1.82) is 0 Å². The number of aryl methyl sites for hydroxylation is 2. The first-order chi connectivity index (χ1) is 9.58. The van der Waals surface area contributed by atoms with Crippen molar-refractivity contribution in [2.24, 2.45) is 7.05 Å². The number of hydrogen-bond acceptors (Lipinski definition) is 3. The van der Waals surface area contributed by atoms with Crippen LogP contribution in [0.4, 0.5) is 0 Å². The van der Waals surface area contributed by atoms with Gasteiger partial charge in [-0.1, -0.05) is 6.07 Å². The van der Waals surface area contributed by atoms with Gasteiger partial charge < -0.3 is 9.84 Å². The molecule has 1 N–H and O–H groups in total. The van der Waals surface area contributed by atoms with Crippen LogP contribution in [0.3, 0.4) is 0 Å². The van der Waals surface area contributed by atoms with E-state index >= 15 is 0 Å². The zero-order chi connectivity index (χ0) is 14.2. The summed E-state index contributed by atoms with van der Waals surface area (Å²) in [6.07, 6.45) is 6.83. The number of fused-ring (bicyclic) bond motifs is 1. The summed E-state index contributed by atoms with van der Waals surface area (Å²) >= 11 is 0. The number of methoxy groups -OCH3 is 1. The number of ether oxygens (including phenoxy) is 1. The number of hydrogen-bond donors (Lipinski definition) is 1. The summed E-state index contributed by atoms with van der Waals surface area (Å²) in [5, 5.41) is 15.0. The second kappa shape index (κ2) is 4.94. The van der Waals surface area contributed by atoms with Gasteiger partial charge in [0.1, 0.15) is 5.75 Å². The average molecular weight is 272 g/mol. The molecule has 1 aromatic heterocycles. The van der Waals surface area contributed by atoms with Gasteiger partial charge in [0.05, 0.1) is 18.9 Å². The smallest absolute Gasteiger partial charge is 0.119 e. The van der Waals surface area contributed by atoms with E-state index in [1.54, 1.807) is 11.8 Å². The largest absolute Gasteiger partial charge is 0.497 e. The van der Waals surface area contributed by atoms with Gasteiger partial charge in [-0.15, -0.1) is 0 Å². The van der Waals surface area contributed by atoms with Gasteiger partial charge in [-0.05, 0) is 41.7 Å². The molecule has 106 valence electrons. The van der Waals surface area contributed by atoms with Crippen LogP contribution < -0.4 is 4.74 Å². The third-order valence-electron chi connectivity index (χ3n) is 4.08. The fourth-order valence-electron chi connectivity index (χ4n) is 3.04. The molecule has 1 atom stereocenters. The van der Waals surface area contributed by atoms with Crippen LogP contribution in [0.25, 0.3) is 0 Å². The summed E-state index contributed by atoms with van der Waals surface area (Å²) in [6.45, 7) is 0. The molecule has 3 rings (SSSR count). The quantitative estimate of drug-likeness (QED) is 0.928. The van der Waals surface area contributed by atoms with Gasteiger partial charge in [0.25, 0.3) is 0 Å². The minimum Gasteiger partial charge on any atom is -0.497 e. The fourth-order valence-corrected chi connectivity index (χ4v) is 3.04. The van der Waals surface area contributed by atoms with Gasteiger partial charge in [0, 0.05) is 26.1 Å². The fraction of sp³-hybridized carbons (Fsp3) is 0.438. The lowest BCUT2D eigenvalue weighted by Gasteiger charge is -2.33. The molecule has 0 amide bonds. The van der Waals surface area contributed by atoms with E-state index in [1.165, 1.54) is 11.1 Å². The molecule has 1 heterocycles. The number of aromatic nitrogens is 2. The van der Waals surface area contributed by atoms with E-state index in [-0.39, 0.29) is 0 Å². The molecule has 0 spiro atoms. The topological polar surface area (TPSA) is 47.3 Å². The molecule has 0 bridgehead atoms. The van der Waals surface area contributed by atoms with Crippen molar-refractivity contribution in [2.45, 2.75) is 31.3 Å². The average Bonchev–Trinajstić information content (AvgIpc) is 2.82. The Morgan fingerprint density at radius 2 is 2.25 bits per heavy atom. The van der Waals surface area contributed by atoms with E-state index in [4.69, 9.17) is 4.74 Å². The SMILES string of the molecule is COc1ccc2c(c1)CC(O)(Cc1cnn(C)c1)CC2. The number of nitrogens with zero attached hydrogens (tertiary/aromatic N) is 2. The number of rotatable bonds is 3. The minimum atomic E-state index is -0.678. The second-order valence-corrected chi connectivity index (χ2v) is 5.73. The molecule has 4 heteroatoms. The molecule has 20 heavy (non-hydrogen) atoms. The standard InChI is InChI=1S/C16H20N2O2/c1-18-11-12(10-17-18)8-16(19)6-5-13-3-4-15(20-2)7-14(13)9-16/h3-4,7,10-11,19H,5-6,8-9H2,1-2H3. The van der Waals surface area contributed by atoms with Crippen molar-refractivity contribution in [3.8, 4) is 5.75 Å². The molecule has 1 aromatic carbocycles. The highest BCUT2D eigenvalue weighted by Gasteiger charge is 2.32. The summed E-state index contributed by atoms with van der Waals surface area (Å²) in [5.74, 6) is 0.856. The van der Waals surface area contributed by atoms with Crippen LogP contribution in [0, 0.1) is 0 Å². The molecule has 0 saturated heterocycles. The Morgan fingerprint density at radius 3 is 2.95 bits per heavy atom. The van der Waals surface area contributed by atoms with E-state index in [9.17, 15) is 5.11 Å². The Labute approximate surface area is 119 Å². The second-order valence-electron chi connectivity index (χ2n) is 5.73. The minimum absolute atomic E-state index is 0.650. The van der Waals surface area contributed by atoms with Gasteiger partial charge in [0.15, 0.2) is 0 Å². The molecule has 0 aliphatic heterocycles. The van der Waals surface area contributed by atoms with Crippen molar-refractivity contribution < 1.29 is 9.84 Å². The molecule has 4 nitrogen and oxygen atoms in total. The van der Waals surface area contributed by atoms with Crippen LogP contribution in [0.15, 0.2) is 30.6 Å². The maximum atomic E-state index is 10.9. The van der Waals surface area contributed by atoms with Crippen LogP contribution in [-0.4, -0.2) is 27.6 Å². The van der Waals surface area contributed by atoms with E-state index in [0.717, 1.165) is 24.2 Å². The van der Waals surface area contributed by atoms with Gasteiger partial charge in [-0.3, -0.25) is 4.68 Å². The highest BCUT2D eigenvalue weighted by atomic mass is 16.5. The molecular weight excluding hydrogens is 252 g/mol. The lowest BCUT2D eigenvalue weighted by atomic mass is 9.77. The van der Waals surface area contributed by atoms with Crippen LogP contribution in [0.1, 0.15) is 23.1 Å². The van der Waals surface area contributed by atoms with E-state index in [2.05, 4.69) is 11.2 Å². The molecular formula is C16H20N2O2. The summed E-state index contributed by atoms with van der Waals surface area (Å²) in [4.78, 5) is 0. The molecule has 0 fully saturated rings. The lowest BCUT2D eigenvalue weighted by Crippen LogP contribution is -2.38. The Kier molecular flexibility index (Phi) is 3.26. The van der Waals surface area contributed by atoms with E-state index in [0.29, 0.717) is 12.8 Å². The molecule has 1 unspecified atom stereocenters. The molecule has 0 radical (unpaired) electrons. The van der Waals surface area contributed by atoms with Crippen molar-refractivity contribution in [1.82, 2.24) is 9.78 Å². The van der Waals surface area contributed by atoms with Crippen molar-refractivity contribution in [2.75, 3.05) is 7.11 Å². The summed E-state index contributed by atoms with van der Waals surface area (Å²) in [6, 6.07) is 6.14. The van der Waals surface area contributed by atoms with Crippen LogP contribution in [-0.2, 0) is 26.3 Å². The first-order valence-electron chi connectivity index (χ1n) is 6.94. The first kappa shape index (κ1) is 13.2. The Balaban J connectivity index is 1.82. The Hall–Kier alpha value is -1.81. The summed E-state index contributed by atoms with van der Waals surface area (Å²) in [5.41, 5.74) is 2.92. The molecule has 0 saturated carbocycles. The predicted octanol–water partition coefficient (Wildman–Crippen LogP) is 1.89. The molecule has 1 aliphatic rings. The normalized spacial score (nSPS) is 21.6. The summed E-state index contributed by atoms with van der Waals surface area (Å²) < 4.78 is 7.05. The maximum absolute atomic E-state index is 10.9. The maximum Gasteiger partial charge on any atom is 0.119 e. The Bertz CT molecular complexity index is 621. The zero-order valence-corrected chi connectivity index (χ0v) is 12.0. The molecule has 1 aliphatic carbocycles. The van der Waals surface area contributed by atoms with Gasteiger partial charge >= 0.3 is 0 Å². The van der Waals surface area contributed by atoms with Crippen molar-refractivity contribution in [3.05, 3.63) is 47.3 Å². The lowest BCUT2D eigenvalue weighted by molar-refractivity contribution is 0.0266. The monoisotopic (exact) mass is 272 g/mol. The number of aliphatic hydroxyl groups is 1. The predicted molar refractivity (Wildman–Crippen MR) is 76.9 cm³/mol. The van der Waals surface area contributed by atoms with E-state index in [1.807, 2.05) is 31.6 Å². The van der Waals surface area contributed by atoms with Crippen LogP contribution in [0.2, 0.25) is 0 Å². The number of benzene rings is 1. The van der Waals surface area contributed by atoms with Crippen LogP contribution in [0.5, 0.6) is 5.75 Å². The van der Waals surface area contributed by atoms with Gasteiger partial charge in [-0.2, -0.15) is 5.10 Å². The van der Waals surface area contributed by atoms with Gasteiger partial charge in [0.2, 0.25) is 0 Å². The third kappa shape index (κ3) is 2.56.